The first-order chi connectivity index (χ1) is 13.6. The zero-order chi connectivity index (χ0) is 19.9. The number of allylic oxidation sites excluding steroid dienone is 2. The molecule has 1 aliphatic carbocycles. The van der Waals surface area contributed by atoms with Gasteiger partial charge in [0.2, 0.25) is 5.82 Å². The number of hydrogen-bond donors (Lipinski definition) is 0. The molecule has 150 valence electrons. The van der Waals surface area contributed by atoms with Gasteiger partial charge in [0.1, 0.15) is 0 Å². The van der Waals surface area contributed by atoms with Gasteiger partial charge in [-0.2, -0.15) is 4.39 Å². The third kappa shape index (κ3) is 5.21. The molecule has 0 aliphatic heterocycles. The Bertz CT molecular complexity index is 787. The van der Waals surface area contributed by atoms with Gasteiger partial charge in [0.15, 0.2) is 11.6 Å². The SMILES string of the molecule is CCOc1ccc(-c2ccc(CCC=CC3CCC(C)CC3)cc2)c(F)c1F. The summed E-state index contributed by atoms with van der Waals surface area (Å²) in [4.78, 5) is 0. The van der Waals surface area contributed by atoms with Crippen molar-refractivity contribution in [2.75, 3.05) is 6.61 Å². The van der Waals surface area contributed by atoms with Crippen LogP contribution in [-0.4, -0.2) is 6.61 Å². The van der Waals surface area contributed by atoms with Gasteiger partial charge in [0, 0.05) is 5.56 Å². The molecule has 0 aromatic heterocycles. The zero-order valence-corrected chi connectivity index (χ0v) is 16.9. The van der Waals surface area contributed by atoms with Crippen LogP contribution in [0.2, 0.25) is 0 Å². The van der Waals surface area contributed by atoms with E-state index in [1.54, 1.807) is 13.0 Å². The molecular weight excluding hydrogens is 354 g/mol. The van der Waals surface area contributed by atoms with Crippen LogP contribution in [0.4, 0.5) is 8.78 Å². The summed E-state index contributed by atoms with van der Waals surface area (Å²) in [6.45, 7) is 4.39. The summed E-state index contributed by atoms with van der Waals surface area (Å²) in [5.74, 6) is -0.193. The molecule has 0 spiro atoms. The Labute approximate surface area is 167 Å². The summed E-state index contributed by atoms with van der Waals surface area (Å²) in [6, 6.07) is 10.8. The van der Waals surface area contributed by atoms with Gasteiger partial charge in [-0.05, 0) is 67.7 Å². The van der Waals surface area contributed by atoms with Crippen LogP contribution in [0, 0.1) is 23.5 Å². The van der Waals surface area contributed by atoms with Crippen LogP contribution >= 0.6 is 0 Å². The zero-order valence-electron chi connectivity index (χ0n) is 16.9. The molecule has 1 nitrogen and oxygen atoms in total. The predicted molar refractivity (Wildman–Crippen MR) is 112 cm³/mol. The van der Waals surface area contributed by atoms with Gasteiger partial charge >= 0.3 is 0 Å². The van der Waals surface area contributed by atoms with E-state index in [1.165, 1.54) is 37.3 Å². The van der Waals surface area contributed by atoms with Crippen molar-refractivity contribution in [3.63, 3.8) is 0 Å². The fraction of sp³-hybridized carbons (Fsp3) is 0.440. The number of hydrogen-bond acceptors (Lipinski definition) is 1. The maximum Gasteiger partial charge on any atom is 0.201 e. The Morgan fingerprint density at radius 2 is 1.68 bits per heavy atom. The summed E-state index contributed by atoms with van der Waals surface area (Å²) >= 11 is 0. The molecule has 2 aromatic rings. The van der Waals surface area contributed by atoms with Crippen LogP contribution in [0.25, 0.3) is 11.1 Å². The van der Waals surface area contributed by atoms with E-state index in [9.17, 15) is 8.78 Å². The van der Waals surface area contributed by atoms with E-state index in [0.29, 0.717) is 12.2 Å². The first kappa shape index (κ1) is 20.6. The van der Waals surface area contributed by atoms with E-state index in [0.717, 1.165) is 24.7 Å². The van der Waals surface area contributed by atoms with Gasteiger partial charge in [-0.15, -0.1) is 0 Å². The summed E-state index contributed by atoms with van der Waals surface area (Å²) in [5.41, 5.74) is 2.14. The van der Waals surface area contributed by atoms with Gasteiger partial charge in [0.25, 0.3) is 0 Å². The minimum Gasteiger partial charge on any atom is -0.491 e. The Morgan fingerprint density at radius 3 is 2.36 bits per heavy atom. The molecule has 0 amide bonds. The molecule has 1 aliphatic rings. The van der Waals surface area contributed by atoms with Gasteiger partial charge < -0.3 is 4.74 Å². The third-order valence-electron chi connectivity index (χ3n) is 5.68. The maximum absolute atomic E-state index is 14.4. The summed E-state index contributed by atoms with van der Waals surface area (Å²) < 4.78 is 33.6. The van der Waals surface area contributed by atoms with E-state index in [1.807, 2.05) is 24.3 Å². The molecule has 0 N–H and O–H groups in total. The lowest BCUT2D eigenvalue weighted by Crippen LogP contribution is -2.09. The van der Waals surface area contributed by atoms with Crippen LogP contribution in [-0.2, 0) is 6.42 Å². The molecule has 0 saturated heterocycles. The Hall–Kier alpha value is -2.16. The molecule has 0 heterocycles. The summed E-state index contributed by atoms with van der Waals surface area (Å²) in [7, 11) is 0. The second-order valence-corrected chi connectivity index (χ2v) is 7.86. The molecule has 28 heavy (non-hydrogen) atoms. The second kappa shape index (κ2) is 9.86. The van der Waals surface area contributed by atoms with Crippen molar-refractivity contribution < 1.29 is 13.5 Å². The highest BCUT2D eigenvalue weighted by Gasteiger charge is 2.16. The predicted octanol–water partition coefficient (Wildman–Crippen LogP) is 7.35. The lowest BCUT2D eigenvalue weighted by atomic mass is 9.83. The van der Waals surface area contributed by atoms with E-state index < -0.39 is 11.6 Å². The molecule has 1 saturated carbocycles. The van der Waals surface area contributed by atoms with E-state index >= 15 is 0 Å². The maximum atomic E-state index is 14.4. The molecule has 0 unspecified atom stereocenters. The number of ether oxygens (including phenoxy) is 1. The highest BCUT2D eigenvalue weighted by molar-refractivity contribution is 5.65. The summed E-state index contributed by atoms with van der Waals surface area (Å²) in [6.07, 6.45) is 12.0. The van der Waals surface area contributed by atoms with Crippen molar-refractivity contribution in [3.8, 4) is 16.9 Å². The van der Waals surface area contributed by atoms with E-state index in [2.05, 4.69) is 19.1 Å². The fourth-order valence-corrected chi connectivity index (χ4v) is 3.89. The molecule has 2 aromatic carbocycles. The van der Waals surface area contributed by atoms with Gasteiger partial charge in [-0.1, -0.05) is 56.2 Å². The minimum absolute atomic E-state index is 0.0421. The molecule has 0 bridgehead atoms. The van der Waals surface area contributed by atoms with Gasteiger partial charge in [0.05, 0.1) is 6.61 Å². The number of benzene rings is 2. The number of rotatable bonds is 7. The van der Waals surface area contributed by atoms with Crippen LogP contribution in [0.3, 0.4) is 0 Å². The molecule has 3 rings (SSSR count). The Morgan fingerprint density at radius 1 is 0.964 bits per heavy atom. The third-order valence-corrected chi connectivity index (χ3v) is 5.68. The van der Waals surface area contributed by atoms with Crippen molar-refractivity contribution in [2.45, 2.75) is 52.4 Å². The number of halogens is 2. The highest BCUT2D eigenvalue weighted by Crippen LogP contribution is 2.31. The van der Waals surface area contributed by atoms with Crippen molar-refractivity contribution >= 4 is 0 Å². The smallest absolute Gasteiger partial charge is 0.201 e. The van der Waals surface area contributed by atoms with Crippen molar-refractivity contribution in [2.24, 2.45) is 11.8 Å². The molecular formula is C25H30F2O. The molecule has 3 heteroatoms. The first-order valence-electron chi connectivity index (χ1n) is 10.4. The van der Waals surface area contributed by atoms with Crippen molar-refractivity contribution in [1.82, 2.24) is 0 Å². The number of aryl methyl sites for hydroxylation is 1. The monoisotopic (exact) mass is 384 g/mol. The largest absolute Gasteiger partial charge is 0.491 e. The highest BCUT2D eigenvalue weighted by atomic mass is 19.2. The van der Waals surface area contributed by atoms with Crippen LogP contribution in [0.15, 0.2) is 48.6 Å². The van der Waals surface area contributed by atoms with E-state index in [4.69, 9.17) is 4.74 Å². The van der Waals surface area contributed by atoms with Crippen LogP contribution in [0.1, 0.15) is 51.5 Å². The molecule has 1 fully saturated rings. The standard InChI is InChI=1S/C25H30F2O/c1-3-28-23-17-16-22(24(26)25(23)27)21-14-12-20(13-15-21)7-5-4-6-19-10-8-18(2)9-11-19/h4,6,12-19H,3,5,7-11H2,1-2H3. The second-order valence-electron chi connectivity index (χ2n) is 7.86. The van der Waals surface area contributed by atoms with Crippen molar-refractivity contribution in [1.29, 1.82) is 0 Å². The molecule has 0 atom stereocenters. The van der Waals surface area contributed by atoms with E-state index in [-0.39, 0.29) is 11.3 Å². The Kier molecular flexibility index (Phi) is 7.24. The van der Waals surface area contributed by atoms with Gasteiger partial charge in [-0.3, -0.25) is 0 Å². The van der Waals surface area contributed by atoms with Gasteiger partial charge in [-0.25, -0.2) is 4.39 Å². The summed E-state index contributed by atoms with van der Waals surface area (Å²) in [5, 5.41) is 0. The van der Waals surface area contributed by atoms with Crippen LogP contribution in [0.5, 0.6) is 5.75 Å². The topological polar surface area (TPSA) is 9.23 Å². The normalized spacial score (nSPS) is 19.9. The minimum atomic E-state index is -0.925. The lowest BCUT2D eigenvalue weighted by molar-refractivity contribution is 0.314. The Balaban J connectivity index is 1.57. The van der Waals surface area contributed by atoms with Crippen LogP contribution < -0.4 is 4.74 Å². The first-order valence-corrected chi connectivity index (χ1v) is 10.4. The fourth-order valence-electron chi connectivity index (χ4n) is 3.89. The molecule has 0 radical (unpaired) electrons. The average Bonchev–Trinajstić information content (AvgIpc) is 2.71. The van der Waals surface area contributed by atoms with Crippen molar-refractivity contribution in [3.05, 3.63) is 65.7 Å². The lowest BCUT2D eigenvalue weighted by Gasteiger charge is -2.23. The quantitative estimate of drug-likeness (QED) is 0.454. The average molecular weight is 385 g/mol.